The molecule has 17 heavy (non-hydrogen) atoms. The molecule has 0 bridgehead atoms. The molecule has 0 aliphatic rings. The number of methoxy groups -OCH3 is 2. The van der Waals surface area contributed by atoms with Crippen molar-refractivity contribution in [1.29, 1.82) is 0 Å². The van der Waals surface area contributed by atoms with Crippen molar-refractivity contribution in [3.8, 4) is 0 Å². The number of nitrogens with two attached hydrogens (primary N) is 1. The second-order valence-corrected chi connectivity index (χ2v) is 4.15. The lowest BCUT2D eigenvalue weighted by atomic mass is 10.1. The number of amides is 1. The van der Waals surface area contributed by atoms with E-state index < -0.39 is 6.29 Å². The molecule has 0 saturated carbocycles. The highest BCUT2D eigenvalue weighted by molar-refractivity contribution is 5.91. The van der Waals surface area contributed by atoms with E-state index in [-0.39, 0.29) is 11.6 Å². The van der Waals surface area contributed by atoms with Crippen LogP contribution in [-0.4, -0.2) is 44.4 Å². The monoisotopic (exact) mass is 244 g/mol. The average Bonchev–Trinajstić information content (AvgIpc) is 2.32. The molecule has 100 valence electrons. The van der Waals surface area contributed by atoms with Gasteiger partial charge in [-0.25, -0.2) is 0 Å². The number of carbonyl (C=O) groups excluding carboxylic acids is 1. The molecule has 0 radical (unpaired) electrons. The van der Waals surface area contributed by atoms with E-state index in [1.807, 2.05) is 0 Å². The quantitative estimate of drug-likeness (QED) is 0.510. The van der Waals surface area contributed by atoms with Gasteiger partial charge in [-0.2, -0.15) is 0 Å². The number of rotatable bonds is 8. The van der Waals surface area contributed by atoms with E-state index in [1.165, 1.54) is 14.2 Å². The second kappa shape index (κ2) is 8.08. The summed E-state index contributed by atoms with van der Waals surface area (Å²) in [6.45, 7) is 8.60. The first-order valence-corrected chi connectivity index (χ1v) is 5.75. The van der Waals surface area contributed by atoms with E-state index >= 15 is 0 Å². The zero-order chi connectivity index (χ0) is 13.4. The van der Waals surface area contributed by atoms with Gasteiger partial charge in [-0.3, -0.25) is 4.79 Å². The molecule has 1 atom stereocenters. The van der Waals surface area contributed by atoms with Crippen molar-refractivity contribution >= 4 is 5.91 Å². The van der Waals surface area contributed by atoms with Gasteiger partial charge in [0.25, 0.3) is 5.91 Å². The molecule has 2 N–H and O–H groups in total. The van der Waals surface area contributed by atoms with Crippen LogP contribution in [-0.2, 0) is 14.3 Å². The predicted molar refractivity (Wildman–Crippen MR) is 67.2 cm³/mol. The number of ether oxygens (including phenoxy) is 2. The van der Waals surface area contributed by atoms with Crippen LogP contribution in [0.15, 0.2) is 12.3 Å². The van der Waals surface area contributed by atoms with Gasteiger partial charge in [0.2, 0.25) is 0 Å². The van der Waals surface area contributed by atoms with Crippen molar-refractivity contribution in [1.82, 2.24) is 4.90 Å². The highest BCUT2D eigenvalue weighted by atomic mass is 16.7. The number of hydrogen-bond acceptors (Lipinski definition) is 4. The normalized spacial score (nSPS) is 12.5. The summed E-state index contributed by atoms with van der Waals surface area (Å²) >= 11 is 0. The zero-order valence-corrected chi connectivity index (χ0v) is 11.2. The summed E-state index contributed by atoms with van der Waals surface area (Å²) in [7, 11) is 3.08. The smallest absolute Gasteiger partial charge is 0.269 e. The standard InChI is InChI=1S/C12H24N2O3/c1-6-9(2)7-14(12(15)10(3)13)8-11(16-4)17-5/h9,11H,3,6-8,13H2,1-2,4-5H3. The highest BCUT2D eigenvalue weighted by Gasteiger charge is 2.21. The Balaban J connectivity index is 4.60. The van der Waals surface area contributed by atoms with Gasteiger partial charge in [-0.15, -0.1) is 0 Å². The lowest BCUT2D eigenvalue weighted by Crippen LogP contribution is -2.43. The van der Waals surface area contributed by atoms with Crippen LogP contribution in [0, 0.1) is 5.92 Å². The Morgan fingerprint density at radius 2 is 1.88 bits per heavy atom. The molecule has 1 amide bonds. The third-order valence-electron chi connectivity index (χ3n) is 2.69. The van der Waals surface area contributed by atoms with Gasteiger partial charge in [0.05, 0.1) is 12.2 Å². The Morgan fingerprint density at radius 1 is 1.35 bits per heavy atom. The molecular weight excluding hydrogens is 220 g/mol. The van der Waals surface area contributed by atoms with Crippen LogP contribution in [0.25, 0.3) is 0 Å². The second-order valence-electron chi connectivity index (χ2n) is 4.15. The molecule has 0 aromatic carbocycles. The maximum atomic E-state index is 11.9. The Morgan fingerprint density at radius 3 is 2.24 bits per heavy atom. The largest absolute Gasteiger partial charge is 0.395 e. The number of carbonyl (C=O) groups is 1. The lowest BCUT2D eigenvalue weighted by molar-refractivity contribution is -0.143. The van der Waals surface area contributed by atoms with Crippen LogP contribution in [0.2, 0.25) is 0 Å². The summed E-state index contributed by atoms with van der Waals surface area (Å²) in [6.07, 6.45) is 0.549. The van der Waals surface area contributed by atoms with E-state index in [0.717, 1.165) is 6.42 Å². The molecule has 0 spiro atoms. The highest BCUT2D eigenvalue weighted by Crippen LogP contribution is 2.08. The topological polar surface area (TPSA) is 64.8 Å². The van der Waals surface area contributed by atoms with E-state index in [1.54, 1.807) is 4.90 Å². The van der Waals surface area contributed by atoms with Gasteiger partial charge in [0.1, 0.15) is 0 Å². The van der Waals surface area contributed by atoms with Crippen LogP contribution in [0.3, 0.4) is 0 Å². The van der Waals surface area contributed by atoms with Crippen molar-refractivity contribution in [3.63, 3.8) is 0 Å². The van der Waals surface area contributed by atoms with E-state index in [2.05, 4.69) is 20.4 Å². The summed E-state index contributed by atoms with van der Waals surface area (Å²) < 4.78 is 10.2. The van der Waals surface area contributed by atoms with Gasteiger partial charge in [-0.05, 0) is 5.92 Å². The molecule has 0 fully saturated rings. The van der Waals surface area contributed by atoms with Crippen LogP contribution in [0.5, 0.6) is 0 Å². The average molecular weight is 244 g/mol. The fourth-order valence-corrected chi connectivity index (χ4v) is 1.37. The van der Waals surface area contributed by atoms with Crippen molar-refractivity contribution in [2.45, 2.75) is 26.6 Å². The maximum absolute atomic E-state index is 11.9. The predicted octanol–water partition coefficient (Wildman–Crippen LogP) is 0.952. The Labute approximate surface area is 104 Å². The van der Waals surface area contributed by atoms with Crippen molar-refractivity contribution in [2.24, 2.45) is 11.7 Å². The first-order chi connectivity index (χ1) is 7.96. The molecule has 1 unspecified atom stereocenters. The number of nitrogens with zero attached hydrogens (tertiary/aromatic N) is 1. The van der Waals surface area contributed by atoms with Crippen LogP contribution < -0.4 is 5.73 Å². The summed E-state index contributed by atoms with van der Waals surface area (Å²) in [6, 6.07) is 0. The third-order valence-corrected chi connectivity index (χ3v) is 2.69. The SMILES string of the molecule is C=C(N)C(=O)N(CC(C)CC)CC(OC)OC. The van der Waals surface area contributed by atoms with Crippen molar-refractivity contribution in [2.75, 3.05) is 27.3 Å². The minimum absolute atomic E-state index is 0.0410. The van der Waals surface area contributed by atoms with Crippen LogP contribution in [0.1, 0.15) is 20.3 Å². The third kappa shape index (κ3) is 5.70. The van der Waals surface area contributed by atoms with Crippen LogP contribution >= 0.6 is 0 Å². The molecule has 0 saturated heterocycles. The molecule has 0 rings (SSSR count). The van der Waals surface area contributed by atoms with Crippen molar-refractivity contribution < 1.29 is 14.3 Å². The molecule has 0 aliphatic heterocycles. The minimum Gasteiger partial charge on any atom is -0.395 e. The maximum Gasteiger partial charge on any atom is 0.269 e. The van der Waals surface area contributed by atoms with Crippen molar-refractivity contribution in [3.05, 3.63) is 12.3 Å². The summed E-state index contributed by atoms with van der Waals surface area (Å²) in [5.74, 6) is 0.136. The minimum atomic E-state index is -0.442. The molecule has 0 aliphatic carbocycles. The molecule has 0 aromatic heterocycles. The Bertz CT molecular complexity index is 252. The molecule has 5 heteroatoms. The van der Waals surface area contributed by atoms with E-state index in [4.69, 9.17) is 15.2 Å². The lowest BCUT2D eigenvalue weighted by Gasteiger charge is -2.28. The molecule has 5 nitrogen and oxygen atoms in total. The first-order valence-electron chi connectivity index (χ1n) is 5.75. The van der Waals surface area contributed by atoms with Gasteiger partial charge in [0.15, 0.2) is 6.29 Å². The fourth-order valence-electron chi connectivity index (χ4n) is 1.37. The fraction of sp³-hybridized carbons (Fsp3) is 0.750. The number of hydrogen-bond donors (Lipinski definition) is 1. The van der Waals surface area contributed by atoms with Gasteiger partial charge in [0, 0.05) is 20.8 Å². The van der Waals surface area contributed by atoms with E-state index in [9.17, 15) is 4.79 Å². The van der Waals surface area contributed by atoms with E-state index in [0.29, 0.717) is 19.0 Å². The first kappa shape index (κ1) is 15.9. The van der Waals surface area contributed by atoms with Gasteiger partial charge < -0.3 is 20.1 Å². The molecular formula is C12H24N2O3. The summed E-state index contributed by atoms with van der Waals surface area (Å²) in [5.41, 5.74) is 5.49. The zero-order valence-electron chi connectivity index (χ0n) is 11.2. The summed E-state index contributed by atoms with van der Waals surface area (Å²) in [5, 5.41) is 0. The molecule has 0 aromatic rings. The van der Waals surface area contributed by atoms with Gasteiger partial charge in [-0.1, -0.05) is 26.8 Å². The Hall–Kier alpha value is -1.07. The molecule has 0 heterocycles. The summed E-state index contributed by atoms with van der Waals surface area (Å²) in [4.78, 5) is 13.5. The Kier molecular flexibility index (Phi) is 7.58. The van der Waals surface area contributed by atoms with Gasteiger partial charge >= 0.3 is 0 Å². The van der Waals surface area contributed by atoms with Crippen LogP contribution in [0.4, 0.5) is 0 Å².